The van der Waals surface area contributed by atoms with E-state index in [1.54, 1.807) is 12.3 Å². The molecule has 15 heavy (non-hydrogen) atoms. The molecule has 0 aliphatic heterocycles. The van der Waals surface area contributed by atoms with E-state index in [2.05, 4.69) is 17.2 Å². The van der Waals surface area contributed by atoms with E-state index in [0.717, 1.165) is 18.8 Å². The van der Waals surface area contributed by atoms with Gasteiger partial charge in [0.25, 0.3) is 0 Å². The molecule has 1 saturated carbocycles. The molecule has 1 aliphatic carbocycles. The number of aromatic nitrogens is 1. The Morgan fingerprint density at radius 2 is 2.33 bits per heavy atom. The molecule has 2 rings (SSSR count). The molecule has 1 heterocycles. The van der Waals surface area contributed by atoms with E-state index in [9.17, 15) is 4.39 Å². The van der Waals surface area contributed by atoms with Crippen molar-refractivity contribution in [3.05, 3.63) is 24.1 Å². The fraction of sp³-hybridized carbons (Fsp3) is 0.583. The van der Waals surface area contributed by atoms with E-state index >= 15 is 0 Å². The Balaban J connectivity index is 1.99. The lowest BCUT2D eigenvalue weighted by atomic mass is 9.87. The Kier molecular flexibility index (Phi) is 3.19. The van der Waals surface area contributed by atoms with Crippen molar-refractivity contribution in [2.24, 2.45) is 5.92 Å². The molecule has 1 fully saturated rings. The first-order chi connectivity index (χ1) is 7.25. The third-order valence-corrected chi connectivity index (χ3v) is 3.04. The monoisotopic (exact) mass is 208 g/mol. The molecular formula is C12H17FN2. The van der Waals surface area contributed by atoms with Crippen LogP contribution in [0.1, 0.15) is 32.6 Å². The number of halogens is 1. The van der Waals surface area contributed by atoms with Crippen molar-refractivity contribution in [3.63, 3.8) is 0 Å². The topological polar surface area (TPSA) is 24.9 Å². The highest BCUT2D eigenvalue weighted by Gasteiger charge is 2.19. The Hall–Kier alpha value is -1.12. The van der Waals surface area contributed by atoms with Crippen LogP contribution >= 0.6 is 0 Å². The minimum absolute atomic E-state index is 0.254. The minimum atomic E-state index is -0.254. The second-order valence-electron chi connectivity index (χ2n) is 4.45. The van der Waals surface area contributed by atoms with Crippen LogP contribution in [0.25, 0.3) is 0 Å². The fourth-order valence-electron chi connectivity index (χ4n) is 2.25. The highest BCUT2D eigenvalue weighted by atomic mass is 19.1. The predicted molar refractivity (Wildman–Crippen MR) is 59.2 cm³/mol. The highest BCUT2D eigenvalue weighted by Crippen LogP contribution is 2.26. The molecule has 2 unspecified atom stereocenters. The minimum Gasteiger partial charge on any atom is -0.365 e. The summed E-state index contributed by atoms with van der Waals surface area (Å²) in [6.45, 7) is 2.25. The summed E-state index contributed by atoms with van der Waals surface area (Å²) in [4.78, 5) is 4.01. The van der Waals surface area contributed by atoms with Gasteiger partial charge in [-0.1, -0.05) is 19.8 Å². The Morgan fingerprint density at radius 3 is 3.07 bits per heavy atom. The Labute approximate surface area is 89.9 Å². The zero-order valence-electron chi connectivity index (χ0n) is 9.04. The molecule has 82 valence electrons. The summed E-state index contributed by atoms with van der Waals surface area (Å²) >= 11 is 0. The molecule has 0 amide bonds. The van der Waals surface area contributed by atoms with Gasteiger partial charge in [-0.15, -0.1) is 0 Å². The van der Waals surface area contributed by atoms with Crippen molar-refractivity contribution in [2.75, 3.05) is 5.32 Å². The van der Waals surface area contributed by atoms with Crippen molar-refractivity contribution >= 4 is 5.82 Å². The zero-order valence-corrected chi connectivity index (χ0v) is 9.04. The first-order valence-electron chi connectivity index (χ1n) is 5.63. The summed E-state index contributed by atoms with van der Waals surface area (Å²) in [6.07, 6.45) is 6.39. The molecule has 2 nitrogen and oxygen atoms in total. The molecule has 0 spiro atoms. The maximum absolute atomic E-state index is 13.3. The average Bonchev–Trinajstić information content (AvgIpc) is 2.22. The Morgan fingerprint density at radius 1 is 1.47 bits per heavy atom. The molecule has 0 saturated heterocycles. The van der Waals surface area contributed by atoms with Crippen LogP contribution in [0.3, 0.4) is 0 Å². The van der Waals surface area contributed by atoms with E-state index in [1.165, 1.54) is 18.9 Å². The third kappa shape index (κ3) is 2.67. The van der Waals surface area contributed by atoms with Crippen molar-refractivity contribution in [1.82, 2.24) is 4.98 Å². The molecule has 1 aromatic heterocycles. The van der Waals surface area contributed by atoms with Crippen molar-refractivity contribution in [1.29, 1.82) is 0 Å². The van der Waals surface area contributed by atoms with Crippen LogP contribution in [0.2, 0.25) is 0 Å². The summed E-state index contributed by atoms with van der Waals surface area (Å²) in [5.41, 5.74) is 0. The second kappa shape index (κ2) is 4.60. The lowest BCUT2D eigenvalue weighted by Gasteiger charge is -2.27. The summed E-state index contributed by atoms with van der Waals surface area (Å²) in [5, 5.41) is 3.19. The van der Waals surface area contributed by atoms with Gasteiger partial charge in [0.1, 0.15) is 0 Å². The second-order valence-corrected chi connectivity index (χ2v) is 4.45. The maximum Gasteiger partial charge on any atom is 0.165 e. The van der Waals surface area contributed by atoms with Gasteiger partial charge in [-0.2, -0.15) is 0 Å². The smallest absolute Gasteiger partial charge is 0.165 e. The number of hydrogen-bond acceptors (Lipinski definition) is 2. The van der Waals surface area contributed by atoms with Gasteiger partial charge in [-0.3, -0.25) is 0 Å². The zero-order chi connectivity index (χ0) is 10.7. The van der Waals surface area contributed by atoms with Gasteiger partial charge in [0.15, 0.2) is 11.6 Å². The molecule has 3 heteroatoms. The summed E-state index contributed by atoms with van der Waals surface area (Å²) < 4.78 is 13.3. The average molecular weight is 208 g/mol. The molecule has 0 radical (unpaired) electrons. The number of rotatable bonds is 2. The number of pyridine rings is 1. The third-order valence-electron chi connectivity index (χ3n) is 3.04. The standard InChI is InChI=1S/C12H17FN2/c1-9-4-2-5-10(8-9)15-12-11(13)6-3-7-14-12/h3,6-7,9-10H,2,4-5,8H2,1H3,(H,14,15). The van der Waals surface area contributed by atoms with Gasteiger partial charge >= 0.3 is 0 Å². The quantitative estimate of drug-likeness (QED) is 0.807. The van der Waals surface area contributed by atoms with Crippen LogP contribution in [-0.4, -0.2) is 11.0 Å². The highest BCUT2D eigenvalue weighted by molar-refractivity contribution is 5.36. The number of nitrogens with zero attached hydrogens (tertiary/aromatic N) is 1. The summed E-state index contributed by atoms with van der Waals surface area (Å²) in [7, 11) is 0. The first-order valence-corrected chi connectivity index (χ1v) is 5.63. The van der Waals surface area contributed by atoms with Crippen LogP contribution in [0, 0.1) is 11.7 Å². The van der Waals surface area contributed by atoms with Gasteiger partial charge in [0.2, 0.25) is 0 Å². The molecular weight excluding hydrogens is 191 g/mol. The van der Waals surface area contributed by atoms with E-state index in [-0.39, 0.29) is 5.82 Å². The molecule has 1 N–H and O–H groups in total. The molecule has 0 aromatic carbocycles. The summed E-state index contributed by atoms with van der Waals surface area (Å²) in [5.74, 6) is 0.885. The van der Waals surface area contributed by atoms with Crippen LogP contribution in [0.4, 0.5) is 10.2 Å². The van der Waals surface area contributed by atoms with E-state index in [1.807, 2.05) is 0 Å². The van der Waals surface area contributed by atoms with Crippen molar-refractivity contribution in [3.8, 4) is 0 Å². The van der Waals surface area contributed by atoms with E-state index < -0.39 is 0 Å². The van der Waals surface area contributed by atoms with E-state index in [0.29, 0.717) is 11.9 Å². The lowest BCUT2D eigenvalue weighted by Crippen LogP contribution is -2.27. The maximum atomic E-state index is 13.3. The van der Waals surface area contributed by atoms with Crippen LogP contribution in [0.15, 0.2) is 18.3 Å². The lowest BCUT2D eigenvalue weighted by molar-refractivity contribution is 0.357. The summed E-state index contributed by atoms with van der Waals surface area (Å²) in [6, 6.07) is 3.45. The normalized spacial score (nSPS) is 26.3. The number of anilines is 1. The van der Waals surface area contributed by atoms with Gasteiger partial charge in [0.05, 0.1) is 0 Å². The van der Waals surface area contributed by atoms with Crippen molar-refractivity contribution in [2.45, 2.75) is 38.6 Å². The van der Waals surface area contributed by atoms with Gasteiger partial charge < -0.3 is 5.32 Å². The number of hydrogen-bond donors (Lipinski definition) is 1. The largest absolute Gasteiger partial charge is 0.365 e. The molecule has 1 aromatic rings. The predicted octanol–water partition coefficient (Wildman–Crippen LogP) is 3.21. The van der Waals surface area contributed by atoms with Crippen molar-refractivity contribution < 1.29 is 4.39 Å². The van der Waals surface area contributed by atoms with Crippen LogP contribution in [-0.2, 0) is 0 Å². The first kappa shape index (κ1) is 10.4. The van der Waals surface area contributed by atoms with Crippen LogP contribution < -0.4 is 5.32 Å². The SMILES string of the molecule is CC1CCCC(Nc2ncccc2F)C1. The Bertz CT molecular complexity index is 327. The van der Waals surface area contributed by atoms with Gasteiger partial charge in [-0.25, -0.2) is 9.37 Å². The molecule has 1 aliphatic rings. The van der Waals surface area contributed by atoms with Gasteiger partial charge in [0, 0.05) is 12.2 Å². The molecule has 2 atom stereocenters. The van der Waals surface area contributed by atoms with Crippen LogP contribution in [0.5, 0.6) is 0 Å². The number of nitrogens with one attached hydrogen (secondary N) is 1. The van der Waals surface area contributed by atoms with Gasteiger partial charge in [-0.05, 0) is 30.9 Å². The van der Waals surface area contributed by atoms with E-state index in [4.69, 9.17) is 0 Å². The molecule has 0 bridgehead atoms. The fourth-order valence-corrected chi connectivity index (χ4v) is 2.25.